The first-order valence-corrected chi connectivity index (χ1v) is 10.3. The highest BCUT2D eigenvalue weighted by Gasteiger charge is 2.26. The van der Waals surface area contributed by atoms with Gasteiger partial charge in [-0.15, -0.1) is 0 Å². The Labute approximate surface area is 173 Å². The summed E-state index contributed by atoms with van der Waals surface area (Å²) in [5, 5.41) is 3.51. The summed E-state index contributed by atoms with van der Waals surface area (Å²) in [7, 11) is 1.74. The van der Waals surface area contributed by atoms with E-state index in [-0.39, 0.29) is 6.04 Å². The number of methoxy groups -OCH3 is 1. The van der Waals surface area contributed by atoms with Crippen molar-refractivity contribution in [2.45, 2.75) is 12.5 Å². The summed E-state index contributed by atoms with van der Waals surface area (Å²) in [6.07, 6.45) is 1.13. The highest BCUT2D eigenvalue weighted by molar-refractivity contribution is 5.44. The van der Waals surface area contributed by atoms with Crippen LogP contribution in [-0.2, 0) is 0 Å². The van der Waals surface area contributed by atoms with E-state index < -0.39 is 0 Å². The lowest BCUT2D eigenvalue weighted by Gasteiger charge is -2.32. The van der Waals surface area contributed by atoms with Crippen molar-refractivity contribution in [3.05, 3.63) is 90.0 Å². The van der Waals surface area contributed by atoms with E-state index in [1.165, 1.54) is 11.1 Å². The summed E-state index contributed by atoms with van der Waals surface area (Å²) in [5.41, 5.74) is 2.40. The van der Waals surface area contributed by atoms with Gasteiger partial charge in [0.15, 0.2) is 0 Å². The van der Waals surface area contributed by atoms with E-state index in [0.29, 0.717) is 0 Å². The fourth-order valence-corrected chi connectivity index (χ4v) is 3.98. The van der Waals surface area contributed by atoms with Crippen molar-refractivity contribution in [3.63, 3.8) is 0 Å². The van der Waals surface area contributed by atoms with Crippen LogP contribution in [0.1, 0.15) is 23.6 Å². The maximum Gasteiger partial charge on any atom is 0.127 e. The molecule has 0 radical (unpaired) electrons. The van der Waals surface area contributed by atoms with Crippen LogP contribution in [0.4, 0.5) is 0 Å². The van der Waals surface area contributed by atoms with Crippen LogP contribution in [0.5, 0.6) is 17.2 Å². The molecule has 1 saturated heterocycles. The van der Waals surface area contributed by atoms with Gasteiger partial charge < -0.3 is 14.8 Å². The molecule has 1 atom stereocenters. The van der Waals surface area contributed by atoms with Gasteiger partial charge in [0, 0.05) is 25.2 Å². The Morgan fingerprint density at radius 1 is 0.828 bits per heavy atom. The van der Waals surface area contributed by atoms with Crippen LogP contribution in [0.3, 0.4) is 0 Å². The number of benzene rings is 3. The number of ether oxygens (including phenoxy) is 2. The number of nitrogens with one attached hydrogen (secondary N) is 1. The minimum atomic E-state index is 0.116. The van der Waals surface area contributed by atoms with Crippen molar-refractivity contribution >= 4 is 0 Å². The molecule has 0 amide bonds. The molecule has 1 aliphatic heterocycles. The Morgan fingerprint density at radius 2 is 1.62 bits per heavy atom. The number of nitrogens with zero attached hydrogens (tertiary/aromatic N) is 1. The van der Waals surface area contributed by atoms with E-state index in [1.54, 1.807) is 7.11 Å². The van der Waals surface area contributed by atoms with Crippen molar-refractivity contribution in [2.75, 3.05) is 33.3 Å². The smallest absolute Gasteiger partial charge is 0.127 e. The van der Waals surface area contributed by atoms with Crippen LogP contribution in [-0.4, -0.2) is 38.2 Å². The van der Waals surface area contributed by atoms with Gasteiger partial charge in [-0.05, 0) is 48.9 Å². The van der Waals surface area contributed by atoms with Crippen LogP contribution in [0, 0.1) is 0 Å². The highest BCUT2D eigenvalue weighted by atomic mass is 16.5. The highest BCUT2D eigenvalue weighted by Crippen LogP contribution is 2.36. The SMILES string of the molecule is COc1ccccc1C(c1cccc(Oc2ccccc2)c1)N1CCCNCC1. The van der Waals surface area contributed by atoms with Gasteiger partial charge in [0.25, 0.3) is 0 Å². The number of hydrogen-bond acceptors (Lipinski definition) is 4. The summed E-state index contributed by atoms with van der Waals surface area (Å²) in [5.74, 6) is 2.61. The molecule has 3 aromatic rings. The third-order valence-electron chi connectivity index (χ3n) is 5.33. The Bertz CT molecular complexity index is 905. The molecule has 0 saturated carbocycles. The molecule has 1 unspecified atom stereocenters. The lowest BCUT2D eigenvalue weighted by atomic mass is 9.95. The number of hydrogen-bond donors (Lipinski definition) is 1. The van der Waals surface area contributed by atoms with Gasteiger partial charge in [-0.3, -0.25) is 4.90 Å². The third kappa shape index (κ3) is 4.78. The van der Waals surface area contributed by atoms with Gasteiger partial charge in [-0.1, -0.05) is 48.5 Å². The molecule has 4 rings (SSSR count). The Kier molecular flexibility index (Phi) is 6.45. The molecule has 0 bridgehead atoms. The molecular formula is C25H28N2O2. The van der Waals surface area contributed by atoms with Gasteiger partial charge in [-0.2, -0.15) is 0 Å². The molecule has 0 aromatic heterocycles. The third-order valence-corrected chi connectivity index (χ3v) is 5.33. The van der Waals surface area contributed by atoms with Crippen molar-refractivity contribution < 1.29 is 9.47 Å². The first-order chi connectivity index (χ1) is 14.3. The van der Waals surface area contributed by atoms with E-state index in [1.807, 2.05) is 48.5 Å². The zero-order valence-corrected chi connectivity index (χ0v) is 16.9. The summed E-state index contributed by atoms with van der Waals surface area (Å²) >= 11 is 0. The topological polar surface area (TPSA) is 33.7 Å². The molecule has 4 nitrogen and oxygen atoms in total. The molecule has 29 heavy (non-hydrogen) atoms. The van der Waals surface area contributed by atoms with Crippen LogP contribution < -0.4 is 14.8 Å². The molecule has 150 valence electrons. The van der Waals surface area contributed by atoms with E-state index in [4.69, 9.17) is 9.47 Å². The molecule has 1 N–H and O–H groups in total. The molecule has 0 aliphatic carbocycles. The minimum Gasteiger partial charge on any atom is -0.496 e. The summed E-state index contributed by atoms with van der Waals surface area (Å²) < 4.78 is 11.8. The Morgan fingerprint density at radius 3 is 2.48 bits per heavy atom. The second kappa shape index (κ2) is 9.59. The molecule has 1 aliphatic rings. The van der Waals surface area contributed by atoms with Crippen molar-refractivity contribution in [1.82, 2.24) is 10.2 Å². The molecule has 3 aromatic carbocycles. The fourth-order valence-electron chi connectivity index (χ4n) is 3.98. The molecule has 0 spiro atoms. The predicted octanol–water partition coefficient (Wildman–Crippen LogP) is 4.87. The Balaban J connectivity index is 1.71. The van der Waals surface area contributed by atoms with Gasteiger partial charge in [0.1, 0.15) is 17.2 Å². The van der Waals surface area contributed by atoms with Crippen molar-refractivity contribution in [3.8, 4) is 17.2 Å². The number of rotatable bonds is 6. The second-order valence-corrected chi connectivity index (χ2v) is 7.27. The average molecular weight is 389 g/mol. The fraction of sp³-hybridized carbons (Fsp3) is 0.280. The zero-order chi connectivity index (χ0) is 19.9. The largest absolute Gasteiger partial charge is 0.496 e. The van der Waals surface area contributed by atoms with Crippen LogP contribution >= 0.6 is 0 Å². The zero-order valence-electron chi connectivity index (χ0n) is 16.9. The quantitative estimate of drug-likeness (QED) is 0.653. The summed E-state index contributed by atoms with van der Waals surface area (Å²) in [4.78, 5) is 2.54. The van der Waals surface area contributed by atoms with E-state index >= 15 is 0 Å². The second-order valence-electron chi connectivity index (χ2n) is 7.27. The average Bonchev–Trinajstić information content (AvgIpc) is 3.05. The van der Waals surface area contributed by atoms with Gasteiger partial charge in [0.05, 0.1) is 13.2 Å². The molecule has 4 heteroatoms. The Hall–Kier alpha value is -2.82. The maximum atomic E-state index is 6.11. The maximum absolute atomic E-state index is 6.11. The van der Waals surface area contributed by atoms with Crippen molar-refractivity contribution in [1.29, 1.82) is 0 Å². The first-order valence-electron chi connectivity index (χ1n) is 10.3. The minimum absolute atomic E-state index is 0.116. The standard InChI is InChI=1S/C25H28N2O2/c1-28-24-14-6-5-13-23(24)25(27-17-8-15-26-16-18-27)20-9-7-12-22(19-20)29-21-10-3-2-4-11-21/h2-7,9-14,19,25-26H,8,15-18H2,1H3. The summed E-state index contributed by atoms with van der Waals surface area (Å²) in [6.45, 7) is 4.09. The van der Waals surface area contributed by atoms with Gasteiger partial charge in [0.2, 0.25) is 0 Å². The van der Waals surface area contributed by atoms with E-state index in [2.05, 4.69) is 40.5 Å². The predicted molar refractivity (Wildman–Crippen MR) is 117 cm³/mol. The molecular weight excluding hydrogens is 360 g/mol. The van der Waals surface area contributed by atoms with Crippen LogP contribution in [0.2, 0.25) is 0 Å². The number of para-hydroxylation sites is 2. The molecule has 1 fully saturated rings. The van der Waals surface area contributed by atoms with E-state index in [0.717, 1.165) is 49.8 Å². The first kappa shape index (κ1) is 19.5. The normalized spacial score (nSPS) is 16.0. The summed E-state index contributed by atoms with van der Waals surface area (Å²) in [6, 6.07) is 26.8. The monoisotopic (exact) mass is 388 g/mol. The van der Waals surface area contributed by atoms with Gasteiger partial charge >= 0.3 is 0 Å². The van der Waals surface area contributed by atoms with Gasteiger partial charge in [-0.25, -0.2) is 0 Å². The van der Waals surface area contributed by atoms with Crippen LogP contribution in [0.15, 0.2) is 78.9 Å². The van der Waals surface area contributed by atoms with Crippen LogP contribution in [0.25, 0.3) is 0 Å². The lowest BCUT2D eigenvalue weighted by Crippen LogP contribution is -2.33. The molecule has 1 heterocycles. The lowest BCUT2D eigenvalue weighted by molar-refractivity contribution is 0.236. The van der Waals surface area contributed by atoms with E-state index in [9.17, 15) is 0 Å². The van der Waals surface area contributed by atoms with Crippen molar-refractivity contribution in [2.24, 2.45) is 0 Å².